The summed E-state index contributed by atoms with van der Waals surface area (Å²) in [4.78, 5) is 28.1. The maximum Gasteiger partial charge on any atom is 0.278 e. The van der Waals surface area contributed by atoms with Crippen molar-refractivity contribution in [3.05, 3.63) is 89.6 Å². The zero-order chi connectivity index (χ0) is 22.1. The molecule has 0 spiro atoms. The van der Waals surface area contributed by atoms with Crippen LogP contribution in [0.5, 0.6) is 17.2 Å². The van der Waals surface area contributed by atoms with E-state index in [1.54, 1.807) is 31.4 Å². The number of nitrogens with one attached hydrogen (secondary N) is 1. The highest BCUT2D eigenvalue weighted by Gasteiger charge is 2.39. The van der Waals surface area contributed by atoms with Crippen molar-refractivity contribution in [3.63, 3.8) is 0 Å². The van der Waals surface area contributed by atoms with Crippen LogP contribution in [0.15, 0.2) is 78.5 Å². The normalized spacial score (nSPS) is 14.8. The van der Waals surface area contributed by atoms with Gasteiger partial charge in [-0.25, -0.2) is 0 Å². The van der Waals surface area contributed by atoms with E-state index < -0.39 is 5.91 Å². The van der Waals surface area contributed by atoms with Gasteiger partial charge in [0.2, 0.25) is 6.79 Å². The molecule has 0 bridgehead atoms. The minimum atomic E-state index is -0.405. The molecule has 32 heavy (non-hydrogen) atoms. The van der Waals surface area contributed by atoms with E-state index >= 15 is 0 Å². The number of anilines is 1. The van der Waals surface area contributed by atoms with E-state index in [1.165, 1.54) is 4.90 Å². The van der Waals surface area contributed by atoms with E-state index in [9.17, 15) is 9.59 Å². The summed E-state index contributed by atoms with van der Waals surface area (Å²) in [7, 11) is 1.56. The number of carbonyl (C=O) groups excluding carboxylic acids is 2. The number of amides is 2. The molecule has 5 rings (SSSR count). The van der Waals surface area contributed by atoms with Gasteiger partial charge in [0.15, 0.2) is 11.5 Å². The minimum Gasteiger partial charge on any atom is -0.496 e. The molecule has 0 aromatic heterocycles. The van der Waals surface area contributed by atoms with Crippen LogP contribution < -0.4 is 19.5 Å². The van der Waals surface area contributed by atoms with E-state index in [-0.39, 0.29) is 24.9 Å². The van der Waals surface area contributed by atoms with Gasteiger partial charge in [0, 0.05) is 17.3 Å². The van der Waals surface area contributed by atoms with Crippen molar-refractivity contribution >= 4 is 23.1 Å². The van der Waals surface area contributed by atoms with Gasteiger partial charge in [-0.3, -0.25) is 14.5 Å². The number of ether oxygens (including phenoxy) is 3. The fourth-order valence-corrected chi connectivity index (χ4v) is 3.83. The lowest BCUT2D eigenvalue weighted by atomic mass is 10.0. The second-order valence-electron chi connectivity index (χ2n) is 7.32. The van der Waals surface area contributed by atoms with Crippen LogP contribution in [0.1, 0.15) is 11.1 Å². The van der Waals surface area contributed by atoms with Gasteiger partial charge in [0.1, 0.15) is 11.4 Å². The largest absolute Gasteiger partial charge is 0.496 e. The second kappa shape index (κ2) is 8.11. The molecule has 0 fully saturated rings. The first-order valence-electron chi connectivity index (χ1n) is 10.1. The first-order valence-corrected chi connectivity index (χ1v) is 10.1. The van der Waals surface area contributed by atoms with Crippen molar-refractivity contribution in [2.75, 3.05) is 19.2 Å². The molecule has 7 nitrogen and oxygen atoms in total. The number of hydrogen-bond acceptors (Lipinski definition) is 6. The quantitative estimate of drug-likeness (QED) is 0.602. The number of methoxy groups -OCH3 is 1. The predicted octanol–water partition coefficient (Wildman–Crippen LogP) is 3.82. The third kappa shape index (κ3) is 3.43. The number of carbonyl (C=O) groups is 2. The van der Waals surface area contributed by atoms with E-state index in [0.29, 0.717) is 34.1 Å². The molecule has 0 saturated carbocycles. The number of fused-ring (bicyclic) bond motifs is 1. The average molecular weight is 428 g/mol. The molecular formula is C25H20N2O5. The first kappa shape index (κ1) is 19.7. The summed E-state index contributed by atoms with van der Waals surface area (Å²) >= 11 is 0. The van der Waals surface area contributed by atoms with Crippen molar-refractivity contribution in [3.8, 4) is 17.2 Å². The number of para-hydroxylation sites is 1. The number of imide groups is 1. The minimum absolute atomic E-state index is 0.102. The molecule has 3 aromatic rings. The molecule has 2 aliphatic heterocycles. The van der Waals surface area contributed by atoms with Crippen LogP contribution in [0, 0.1) is 0 Å². The van der Waals surface area contributed by atoms with Gasteiger partial charge in [-0.15, -0.1) is 0 Å². The summed E-state index contributed by atoms with van der Waals surface area (Å²) in [6, 6.07) is 21.8. The summed E-state index contributed by atoms with van der Waals surface area (Å²) < 4.78 is 16.2. The van der Waals surface area contributed by atoms with E-state index in [2.05, 4.69) is 5.32 Å². The molecule has 0 unspecified atom stereocenters. The first-order chi connectivity index (χ1) is 15.7. The molecule has 2 amide bonds. The van der Waals surface area contributed by atoms with Gasteiger partial charge >= 0.3 is 0 Å². The van der Waals surface area contributed by atoms with E-state index in [4.69, 9.17) is 14.2 Å². The van der Waals surface area contributed by atoms with Crippen LogP contribution in [-0.2, 0) is 16.1 Å². The van der Waals surface area contributed by atoms with Crippen LogP contribution in [0.3, 0.4) is 0 Å². The highest BCUT2D eigenvalue weighted by atomic mass is 16.7. The Morgan fingerprint density at radius 3 is 2.47 bits per heavy atom. The highest BCUT2D eigenvalue weighted by Crippen LogP contribution is 2.37. The SMILES string of the molecule is COc1ccccc1CN1C(=O)C(Nc2ccc3c(c2)OCO3)=C(c2ccccc2)C1=O. The van der Waals surface area contributed by atoms with Crippen LogP contribution in [0.25, 0.3) is 5.57 Å². The third-order valence-corrected chi connectivity index (χ3v) is 5.39. The molecule has 0 atom stereocenters. The lowest BCUT2D eigenvalue weighted by Gasteiger charge is -2.17. The molecule has 3 aromatic carbocycles. The Morgan fingerprint density at radius 1 is 0.906 bits per heavy atom. The molecule has 7 heteroatoms. The Morgan fingerprint density at radius 2 is 1.66 bits per heavy atom. The number of rotatable bonds is 6. The summed E-state index contributed by atoms with van der Waals surface area (Å²) in [5, 5.41) is 3.14. The van der Waals surface area contributed by atoms with Gasteiger partial charge < -0.3 is 19.5 Å². The smallest absolute Gasteiger partial charge is 0.278 e. The van der Waals surface area contributed by atoms with Crippen LogP contribution in [0.2, 0.25) is 0 Å². The van der Waals surface area contributed by atoms with Gasteiger partial charge in [0.25, 0.3) is 11.8 Å². The molecule has 2 heterocycles. The maximum atomic E-state index is 13.4. The van der Waals surface area contributed by atoms with Crippen molar-refractivity contribution in [1.82, 2.24) is 4.90 Å². The Balaban J connectivity index is 1.52. The van der Waals surface area contributed by atoms with E-state index in [1.807, 2.05) is 48.5 Å². The van der Waals surface area contributed by atoms with Crippen LogP contribution in [-0.4, -0.2) is 30.6 Å². The lowest BCUT2D eigenvalue weighted by Crippen LogP contribution is -2.32. The monoisotopic (exact) mass is 428 g/mol. The average Bonchev–Trinajstić information content (AvgIpc) is 3.38. The van der Waals surface area contributed by atoms with Gasteiger partial charge in [-0.05, 0) is 23.8 Å². The summed E-state index contributed by atoms with van der Waals surface area (Å²) in [5.41, 5.74) is 2.57. The molecule has 160 valence electrons. The van der Waals surface area contributed by atoms with Crippen molar-refractivity contribution in [2.45, 2.75) is 6.54 Å². The predicted molar refractivity (Wildman–Crippen MR) is 118 cm³/mol. The molecule has 2 aliphatic rings. The van der Waals surface area contributed by atoms with Gasteiger partial charge in [-0.1, -0.05) is 48.5 Å². The Kier molecular flexibility index (Phi) is 4.99. The summed E-state index contributed by atoms with van der Waals surface area (Å²) in [6.07, 6.45) is 0. The maximum absolute atomic E-state index is 13.4. The summed E-state index contributed by atoms with van der Waals surface area (Å²) in [6.45, 7) is 0.255. The molecule has 1 N–H and O–H groups in total. The van der Waals surface area contributed by atoms with Crippen LogP contribution in [0.4, 0.5) is 5.69 Å². The number of hydrogen-bond donors (Lipinski definition) is 1. The van der Waals surface area contributed by atoms with Crippen molar-refractivity contribution < 1.29 is 23.8 Å². The second-order valence-corrected chi connectivity index (χ2v) is 7.32. The number of benzene rings is 3. The van der Waals surface area contributed by atoms with Crippen LogP contribution >= 0.6 is 0 Å². The topological polar surface area (TPSA) is 77.1 Å². The van der Waals surface area contributed by atoms with E-state index in [0.717, 1.165) is 5.56 Å². The van der Waals surface area contributed by atoms with Gasteiger partial charge in [0.05, 0.1) is 19.2 Å². The third-order valence-electron chi connectivity index (χ3n) is 5.39. The lowest BCUT2D eigenvalue weighted by molar-refractivity contribution is -0.137. The fraction of sp³-hybridized carbons (Fsp3) is 0.120. The van der Waals surface area contributed by atoms with Crippen molar-refractivity contribution in [1.29, 1.82) is 0 Å². The molecule has 0 radical (unpaired) electrons. The molecular weight excluding hydrogens is 408 g/mol. The fourth-order valence-electron chi connectivity index (χ4n) is 3.83. The number of nitrogens with zero attached hydrogens (tertiary/aromatic N) is 1. The Labute approximate surface area is 184 Å². The Hall–Kier alpha value is -4.26. The highest BCUT2D eigenvalue weighted by molar-refractivity contribution is 6.36. The summed E-state index contributed by atoms with van der Waals surface area (Å²) in [5.74, 6) is 1.07. The zero-order valence-corrected chi connectivity index (χ0v) is 17.3. The molecule has 0 aliphatic carbocycles. The molecule has 0 saturated heterocycles. The van der Waals surface area contributed by atoms with Gasteiger partial charge in [-0.2, -0.15) is 0 Å². The standard InChI is InChI=1S/C25H20N2O5/c1-30-19-10-6-5-9-17(19)14-27-24(28)22(16-7-3-2-4-8-16)23(25(27)29)26-18-11-12-20-21(13-18)32-15-31-20/h2-13,26H,14-15H2,1H3. The van der Waals surface area contributed by atoms with Crippen molar-refractivity contribution in [2.24, 2.45) is 0 Å². The zero-order valence-electron chi connectivity index (χ0n) is 17.3. The Bertz CT molecular complexity index is 1240.